The first kappa shape index (κ1) is 19.2. The van der Waals surface area contributed by atoms with Gasteiger partial charge in [0.05, 0.1) is 0 Å². The number of carbonyl (C=O) groups is 1. The molecule has 0 saturated carbocycles. The predicted octanol–water partition coefficient (Wildman–Crippen LogP) is 5.44. The second-order valence-electron chi connectivity index (χ2n) is 7.02. The second kappa shape index (κ2) is 7.17. The number of hydrogen-bond donors (Lipinski definition) is 0. The highest BCUT2D eigenvalue weighted by Gasteiger charge is 2.44. The SMILES string of the molecule is C=CC(=O)Oc1cc(O[Si](C)(C)C(C)(C)C(C)C)ccc1C=C. The van der Waals surface area contributed by atoms with Gasteiger partial charge in [-0.1, -0.05) is 46.9 Å². The van der Waals surface area contributed by atoms with Crippen LogP contribution >= 0.6 is 0 Å². The van der Waals surface area contributed by atoms with Crippen molar-refractivity contribution in [3.8, 4) is 11.5 Å². The molecule has 0 bridgehead atoms. The zero-order valence-corrected chi connectivity index (χ0v) is 16.1. The van der Waals surface area contributed by atoms with Crippen LogP contribution in [0.3, 0.4) is 0 Å². The lowest BCUT2D eigenvalue weighted by Crippen LogP contribution is -2.47. The smallest absolute Gasteiger partial charge is 0.335 e. The molecule has 1 rings (SSSR count). The molecule has 4 heteroatoms. The molecule has 0 aliphatic rings. The van der Waals surface area contributed by atoms with Crippen LogP contribution in [-0.2, 0) is 4.79 Å². The molecule has 0 saturated heterocycles. The van der Waals surface area contributed by atoms with Crippen LogP contribution < -0.4 is 9.16 Å². The minimum absolute atomic E-state index is 0.0993. The van der Waals surface area contributed by atoms with Gasteiger partial charge < -0.3 is 9.16 Å². The molecule has 0 N–H and O–H groups in total. The first-order valence-corrected chi connectivity index (χ1v) is 10.8. The molecule has 3 nitrogen and oxygen atoms in total. The van der Waals surface area contributed by atoms with Gasteiger partial charge in [-0.3, -0.25) is 0 Å². The molecule has 1 aromatic rings. The van der Waals surface area contributed by atoms with Gasteiger partial charge >= 0.3 is 5.97 Å². The van der Waals surface area contributed by atoms with Crippen LogP contribution in [0.15, 0.2) is 37.4 Å². The van der Waals surface area contributed by atoms with Crippen LogP contribution in [0, 0.1) is 5.92 Å². The van der Waals surface area contributed by atoms with Gasteiger partial charge in [-0.2, -0.15) is 0 Å². The Balaban J connectivity index is 3.15. The van der Waals surface area contributed by atoms with Crippen LogP contribution in [-0.4, -0.2) is 14.3 Å². The average molecular weight is 333 g/mol. The molecule has 0 aliphatic heterocycles. The Morgan fingerprint density at radius 3 is 2.35 bits per heavy atom. The summed E-state index contributed by atoms with van der Waals surface area (Å²) in [7, 11) is -2.02. The van der Waals surface area contributed by atoms with Gasteiger partial charge in [0.25, 0.3) is 8.32 Å². The summed E-state index contributed by atoms with van der Waals surface area (Å²) in [4.78, 5) is 11.5. The standard InChI is InChI=1S/C19H28O3Si/c1-9-15-11-12-16(13-17(15)21-18(20)10-2)22-23(7,8)19(5,6)14(3)4/h9-14H,1-2H2,3-8H3. The summed E-state index contributed by atoms with van der Waals surface area (Å²) in [5.74, 6) is 1.17. The summed E-state index contributed by atoms with van der Waals surface area (Å²) in [5, 5.41) is 0.0993. The van der Waals surface area contributed by atoms with Crippen molar-refractivity contribution in [2.24, 2.45) is 5.92 Å². The van der Waals surface area contributed by atoms with Gasteiger partial charge in [-0.25, -0.2) is 4.79 Å². The molecule has 0 atom stereocenters. The zero-order chi connectivity index (χ0) is 17.8. The van der Waals surface area contributed by atoms with Gasteiger partial charge in [0.2, 0.25) is 0 Å². The highest BCUT2D eigenvalue weighted by atomic mass is 28.4. The van der Waals surface area contributed by atoms with Crippen LogP contribution in [0.5, 0.6) is 11.5 Å². The van der Waals surface area contributed by atoms with Crippen molar-refractivity contribution < 1.29 is 14.0 Å². The molecule has 0 heterocycles. The summed E-state index contributed by atoms with van der Waals surface area (Å²) in [6, 6.07) is 5.50. The summed E-state index contributed by atoms with van der Waals surface area (Å²) in [6.07, 6.45) is 2.79. The molecule has 1 aromatic carbocycles. The van der Waals surface area contributed by atoms with E-state index in [1.54, 1.807) is 12.1 Å². The molecule has 0 aliphatic carbocycles. The van der Waals surface area contributed by atoms with E-state index in [4.69, 9.17) is 9.16 Å². The van der Waals surface area contributed by atoms with Crippen LogP contribution in [0.4, 0.5) is 0 Å². The number of esters is 1. The normalized spacial score (nSPS) is 12.0. The van der Waals surface area contributed by atoms with Gasteiger partial charge in [-0.15, -0.1) is 0 Å². The van der Waals surface area contributed by atoms with Gasteiger partial charge in [0, 0.05) is 17.7 Å². The first-order chi connectivity index (χ1) is 10.5. The highest BCUT2D eigenvalue weighted by Crippen LogP contribution is 2.45. The van der Waals surface area contributed by atoms with E-state index in [1.807, 2.05) is 12.1 Å². The van der Waals surface area contributed by atoms with E-state index in [9.17, 15) is 4.79 Å². The van der Waals surface area contributed by atoms with Crippen LogP contribution in [0.2, 0.25) is 18.1 Å². The minimum atomic E-state index is -2.02. The topological polar surface area (TPSA) is 35.5 Å². The van der Waals surface area contributed by atoms with E-state index in [1.165, 1.54) is 0 Å². The van der Waals surface area contributed by atoms with Crippen molar-refractivity contribution in [3.05, 3.63) is 43.0 Å². The molecular weight excluding hydrogens is 304 g/mol. The summed E-state index contributed by atoms with van der Waals surface area (Å²) < 4.78 is 11.7. The van der Waals surface area contributed by atoms with Crippen molar-refractivity contribution in [1.82, 2.24) is 0 Å². The fraction of sp³-hybridized carbons (Fsp3) is 0.421. The first-order valence-electron chi connectivity index (χ1n) is 7.85. The van der Waals surface area contributed by atoms with Crippen LogP contribution in [0.1, 0.15) is 33.3 Å². The van der Waals surface area contributed by atoms with E-state index in [2.05, 4.69) is 53.9 Å². The Labute approximate surface area is 141 Å². The molecular formula is C19H28O3Si. The molecule has 0 fully saturated rings. The number of hydrogen-bond acceptors (Lipinski definition) is 3. The van der Waals surface area contributed by atoms with Gasteiger partial charge in [-0.05, 0) is 36.2 Å². The third kappa shape index (κ3) is 4.35. The lowest BCUT2D eigenvalue weighted by Gasteiger charge is -2.42. The Morgan fingerprint density at radius 2 is 1.87 bits per heavy atom. The van der Waals surface area contributed by atoms with E-state index < -0.39 is 14.3 Å². The lowest BCUT2D eigenvalue weighted by atomic mass is 9.99. The van der Waals surface area contributed by atoms with Crippen molar-refractivity contribution in [2.45, 2.75) is 45.8 Å². The lowest BCUT2D eigenvalue weighted by molar-refractivity contribution is -0.128. The highest BCUT2D eigenvalue weighted by molar-refractivity contribution is 6.75. The third-order valence-electron chi connectivity index (χ3n) is 4.95. The van der Waals surface area contributed by atoms with Crippen molar-refractivity contribution in [3.63, 3.8) is 0 Å². The van der Waals surface area contributed by atoms with E-state index in [0.29, 0.717) is 17.4 Å². The molecule has 0 radical (unpaired) electrons. The summed E-state index contributed by atoms with van der Waals surface area (Å²) >= 11 is 0. The van der Waals surface area contributed by atoms with E-state index in [-0.39, 0.29) is 5.04 Å². The van der Waals surface area contributed by atoms with Gasteiger partial charge in [0.1, 0.15) is 11.5 Å². The Bertz CT molecular complexity index is 601. The van der Waals surface area contributed by atoms with Gasteiger partial charge in [0.15, 0.2) is 0 Å². The maximum atomic E-state index is 11.5. The third-order valence-corrected chi connectivity index (χ3v) is 9.38. The number of rotatable bonds is 7. The van der Waals surface area contributed by atoms with Crippen molar-refractivity contribution in [1.29, 1.82) is 0 Å². The average Bonchev–Trinajstić information content (AvgIpc) is 2.46. The number of benzene rings is 1. The quantitative estimate of drug-likeness (QED) is 0.288. The van der Waals surface area contributed by atoms with Crippen LogP contribution in [0.25, 0.3) is 6.08 Å². The number of carbonyl (C=O) groups excluding carboxylic acids is 1. The molecule has 0 aromatic heterocycles. The van der Waals surface area contributed by atoms with Crippen molar-refractivity contribution >= 4 is 20.4 Å². The maximum Gasteiger partial charge on any atom is 0.335 e. The van der Waals surface area contributed by atoms with Crippen molar-refractivity contribution in [2.75, 3.05) is 0 Å². The molecule has 126 valence electrons. The Hall–Kier alpha value is -1.81. The predicted molar refractivity (Wildman–Crippen MR) is 99.4 cm³/mol. The summed E-state index contributed by atoms with van der Waals surface area (Å²) in [6.45, 7) is 20.5. The second-order valence-corrected chi connectivity index (χ2v) is 11.5. The minimum Gasteiger partial charge on any atom is -0.543 e. The molecule has 0 unspecified atom stereocenters. The number of ether oxygens (including phenoxy) is 1. The fourth-order valence-corrected chi connectivity index (χ4v) is 4.48. The maximum absolute atomic E-state index is 11.5. The molecule has 0 spiro atoms. The fourth-order valence-electron chi connectivity index (χ4n) is 2.11. The largest absolute Gasteiger partial charge is 0.543 e. The summed E-state index contributed by atoms with van der Waals surface area (Å²) in [5.41, 5.74) is 0.746. The molecule has 0 amide bonds. The van der Waals surface area contributed by atoms with E-state index >= 15 is 0 Å². The monoisotopic (exact) mass is 332 g/mol. The zero-order valence-electron chi connectivity index (χ0n) is 15.1. The van der Waals surface area contributed by atoms with E-state index in [0.717, 1.165) is 11.6 Å². The Morgan fingerprint density at radius 1 is 1.26 bits per heavy atom. The Kier molecular flexibility index (Phi) is 6.00. The molecule has 23 heavy (non-hydrogen) atoms.